The Morgan fingerprint density at radius 1 is 1.12 bits per heavy atom. The summed E-state index contributed by atoms with van der Waals surface area (Å²) in [6.45, 7) is 7.06. The van der Waals surface area contributed by atoms with Crippen LogP contribution < -0.4 is 11.5 Å². The molecule has 0 saturated heterocycles. The van der Waals surface area contributed by atoms with E-state index in [1.54, 1.807) is 4.57 Å². The molecule has 6 nitrogen and oxygen atoms in total. The molecule has 0 unspecified atom stereocenters. The van der Waals surface area contributed by atoms with Crippen molar-refractivity contribution in [3.63, 3.8) is 0 Å². The van der Waals surface area contributed by atoms with Crippen LogP contribution >= 0.6 is 0 Å². The molecule has 4 N–H and O–H groups in total. The summed E-state index contributed by atoms with van der Waals surface area (Å²) in [6.07, 6.45) is 1.39. The van der Waals surface area contributed by atoms with Gasteiger partial charge in [-0.2, -0.15) is 5.26 Å². The van der Waals surface area contributed by atoms with Crippen molar-refractivity contribution in [2.75, 3.05) is 11.5 Å². The van der Waals surface area contributed by atoms with Crippen LogP contribution in [0.25, 0.3) is 11.0 Å². The fourth-order valence-corrected chi connectivity index (χ4v) is 2.78. The molecule has 24 heavy (non-hydrogen) atoms. The van der Waals surface area contributed by atoms with Crippen LogP contribution in [0.1, 0.15) is 37.5 Å². The van der Waals surface area contributed by atoms with E-state index in [0.29, 0.717) is 29.0 Å². The number of aromatic nitrogens is 3. The van der Waals surface area contributed by atoms with Crippen molar-refractivity contribution in [3.8, 4) is 6.07 Å². The van der Waals surface area contributed by atoms with Crippen LogP contribution in [-0.2, 0) is 12.0 Å². The maximum atomic E-state index is 9.39. The van der Waals surface area contributed by atoms with Gasteiger partial charge in [-0.25, -0.2) is 9.97 Å². The Kier molecular flexibility index (Phi) is 3.64. The van der Waals surface area contributed by atoms with Gasteiger partial charge in [0.05, 0.1) is 11.9 Å². The SMILES string of the molecule is CC(C)(C)c1ccc(Cn2c(N)c(C#N)c3c(N)ncnc32)cc1. The number of benzene rings is 1. The Morgan fingerprint density at radius 3 is 2.38 bits per heavy atom. The first-order valence-electron chi connectivity index (χ1n) is 7.70. The Hall–Kier alpha value is -3.07. The molecule has 3 rings (SSSR count). The molecule has 0 bridgehead atoms. The lowest BCUT2D eigenvalue weighted by Gasteiger charge is -2.19. The lowest BCUT2D eigenvalue weighted by atomic mass is 9.87. The highest BCUT2D eigenvalue weighted by Crippen LogP contribution is 2.30. The molecular weight excluding hydrogens is 300 g/mol. The van der Waals surface area contributed by atoms with Crippen LogP contribution in [0.15, 0.2) is 30.6 Å². The molecule has 0 amide bonds. The van der Waals surface area contributed by atoms with Gasteiger partial charge in [0.2, 0.25) is 0 Å². The van der Waals surface area contributed by atoms with Crippen molar-refractivity contribution >= 4 is 22.7 Å². The fourth-order valence-electron chi connectivity index (χ4n) is 2.78. The van der Waals surface area contributed by atoms with Gasteiger partial charge in [0.15, 0.2) is 0 Å². The molecule has 122 valence electrons. The number of nitrogens with zero attached hydrogens (tertiary/aromatic N) is 4. The summed E-state index contributed by atoms with van der Waals surface area (Å²) in [4.78, 5) is 8.23. The van der Waals surface area contributed by atoms with Crippen LogP contribution in [0.5, 0.6) is 0 Å². The minimum Gasteiger partial charge on any atom is -0.384 e. The van der Waals surface area contributed by atoms with Gasteiger partial charge in [-0.1, -0.05) is 45.0 Å². The minimum absolute atomic E-state index is 0.105. The van der Waals surface area contributed by atoms with E-state index < -0.39 is 0 Å². The number of nitriles is 1. The zero-order valence-electron chi connectivity index (χ0n) is 14.0. The molecule has 0 atom stereocenters. The highest BCUT2D eigenvalue weighted by Gasteiger charge is 2.19. The van der Waals surface area contributed by atoms with Gasteiger partial charge in [0, 0.05) is 0 Å². The van der Waals surface area contributed by atoms with Gasteiger partial charge in [0.25, 0.3) is 0 Å². The molecule has 0 radical (unpaired) electrons. The summed E-state index contributed by atoms with van der Waals surface area (Å²) < 4.78 is 1.80. The molecule has 0 saturated carbocycles. The molecular formula is C18H20N6. The monoisotopic (exact) mass is 320 g/mol. The standard InChI is InChI=1S/C18H20N6/c1-18(2,3)12-6-4-11(5-7-12)9-24-16(21)13(8-19)14-15(20)22-10-23-17(14)24/h4-7,10H,9,21H2,1-3H3,(H2,20,22,23). The first-order valence-corrected chi connectivity index (χ1v) is 7.70. The average molecular weight is 320 g/mol. The maximum absolute atomic E-state index is 9.39. The second-order valence-corrected chi connectivity index (χ2v) is 6.86. The molecule has 6 heteroatoms. The number of hydrogen-bond acceptors (Lipinski definition) is 5. The van der Waals surface area contributed by atoms with Gasteiger partial charge in [-0.3, -0.25) is 0 Å². The van der Waals surface area contributed by atoms with Crippen LogP contribution in [0, 0.1) is 11.3 Å². The van der Waals surface area contributed by atoms with E-state index in [1.165, 1.54) is 11.9 Å². The number of anilines is 2. The minimum atomic E-state index is 0.105. The topological polar surface area (TPSA) is 107 Å². The lowest BCUT2D eigenvalue weighted by Crippen LogP contribution is -2.11. The number of nitrogens with two attached hydrogens (primary N) is 2. The third-order valence-electron chi connectivity index (χ3n) is 4.18. The Morgan fingerprint density at radius 2 is 1.79 bits per heavy atom. The van der Waals surface area contributed by atoms with E-state index >= 15 is 0 Å². The second kappa shape index (κ2) is 5.53. The zero-order valence-corrected chi connectivity index (χ0v) is 14.0. The Balaban J connectivity index is 2.07. The van der Waals surface area contributed by atoms with Gasteiger partial charge >= 0.3 is 0 Å². The smallest absolute Gasteiger partial charge is 0.148 e. The summed E-state index contributed by atoms with van der Waals surface area (Å²) in [6, 6.07) is 10.5. The molecule has 0 fully saturated rings. The van der Waals surface area contributed by atoms with E-state index in [4.69, 9.17) is 11.5 Å². The van der Waals surface area contributed by atoms with E-state index in [9.17, 15) is 5.26 Å². The second-order valence-electron chi connectivity index (χ2n) is 6.86. The summed E-state index contributed by atoms with van der Waals surface area (Å²) >= 11 is 0. The first-order chi connectivity index (χ1) is 11.3. The normalized spacial score (nSPS) is 11.6. The third-order valence-corrected chi connectivity index (χ3v) is 4.18. The Bertz CT molecular complexity index is 939. The van der Waals surface area contributed by atoms with Crippen molar-refractivity contribution in [3.05, 3.63) is 47.3 Å². The van der Waals surface area contributed by atoms with Gasteiger partial charge in [-0.05, 0) is 16.5 Å². The molecule has 0 aliphatic carbocycles. The fraction of sp³-hybridized carbons (Fsp3) is 0.278. The first kappa shape index (κ1) is 15.8. The molecule has 0 aliphatic heterocycles. The van der Waals surface area contributed by atoms with Crippen molar-refractivity contribution in [1.29, 1.82) is 5.26 Å². The average Bonchev–Trinajstić information content (AvgIpc) is 2.80. The molecule has 0 spiro atoms. The van der Waals surface area contributed by atoms with Crippen LogP contribution in [0.3, 0.4) is 0 Å². The summed E-state index contributed by atoms with van der Waals surface area (Å²) in [7, 11) is 0. The van der Waals surface area contributed by atoms with Crippen molar-refractivity contribution in [2.24, 2.45) is 0 Å². The van der Waals surface area contributed by atoms with Crippen LogP contribution in [0.2, 0.25) is 0 Å². The maximum Gasteiger partial charge on any atom is 0.148 e. The van der Waals surface area contributed by atoms with E-state index in [1.807, 2.05) is 0 Å². The molecule has 0 aliphatic rings. The molecule has 2 aromatic heterocycles. The predicted octanol–water partition coefficient (Wildman–Crippen LogP) is 2.81. The highest BCUT2D eigenvalue weighted by atomic mass is 15.1. The predicted molar refractivity (Wildman–Crippen MR) is 95.3 cm³/mol. The van der Waals surface area contributed by atoms with Crippen LogP contribution in [0.4, 0.5) is 11.6 Å². The molecule has 2 heterocycles. The van der Waals surface area contributed by atoms with E-state index in [0.717, 1.165) is 5.56 Å². The van der Waals surface area contributed by atoms with Crippen molar-refractivity contribution in [2.45, 2.75) is 32.7 Å². The number of rotatable bonds is 2. The summed E-state index contributed by atoms with van der Waals surface area (Å²) in [5, 5.41) is 9.91. The van der Waals surface area contributed by atoms with Crippen LogP contribution in [-0.4, -0.2) is 14.5 Å². The molecule has 1 aromatic carbocycles. The number of fused-ring (bicyclic) bond motifs is 1. The van der Waals surface area contributed by atoms with E-state index in [-0.39, 0.29) is 11.2 Å². The van der Waals surface area contributed by atoms with Gasteiger partial charge in [-0.15, -0.1) is 0 Å². The van der Waals surface area contributed by atoms with Crippen molar-refractivity contribution in [1.82, 2.24) is 14.5 Å². The van der Waals surface area contributed by atoms with Crippen molar-refractivity contribution < 1.29 is 0 Å². The zero-order chi connectivity index (χ0) is 17.5. The van der Waals surface area contributed by atoms with Gasteiger partial charge < -0.3 is 16.0 Å². The molecule has 3 aromatic rings. The lowest BCUT2D eigenvalue weighted by molar-refractivity contribution is 0.590. The summed E-state index contributed by atoms with van der Waals surface area (Å²) in [5.41, 5.74) is 15.4. The van der Waals surface area contributed by atoms with Gasteiger partial charge in [0.1, 0.15) is 35.2 Å². The van der Waals surface area contributed by atoms with E-state index in [2.05, 4.69) is 61.1 Å². The largest absolute Gasteiger partial charge is 0.384 e. The number of hydrogen-bond donors (Lipinski definition) is 2. The highest BCUT2D eigenvalue weighted by molar-refractivity contribution is 5.96. The quantitative estimate of drug-likeness (QED) is 0.755. The summed E-state index contributed by atoms with van der Waals surface area (Å²) in [5.74, 6) is 0.629. The Labute approximate surface area is 140 Å². The number of nitrogen functional groups attached to an aromatic ring is 2. The third kappa shape index (κ3) is 2.54.